The summed E-state index contributed by atoms with van der Waals surface area (Å²) < 4.78 is 3.51. The summed E-state index contributed by atoms with van der Waals surface area (Å²) in [6.07, 6.45) is -10.3. The number of hydrogen-bond acceptors (Lipinski definition) is 8. The standard InChI is InChI=1S/C7H12O9.Ca.K.3H/c8-1-2(9)3(10)4(11)5(12)6(13)16-7(14)15;;;;;/h2-5,8-12H,1H2,(H,14,15);;;;;/t2-,3-,4+,5-;;;;;/m1...../s1. The monoisotopic (exact) mass is 322 g/mol. The summed E-state index contributed by atoms with van der Waals surface area (Å²) in [4.78, 5) is 20.7. The van der Waals surface area contributed by atoms with Crippen molar-refractivity contribution >= 4 is 101 Å². The van der Waals surface area contributed by atoms with Crippen LogP contribution < -0.4 is 0 Å². The zero-order valence-corrected chi connectivity index (χ0v) is 7.92. The van der Waals surface area contributed by atoms with E-state index in [4.69, 9.17) is 30.6 Å². The first-order chi connectivity index (χ1) is 7.31. The van der Waals surface area contributed by atoms with Crippen LogP contribution in [0.2, 0.25) is 0 Å². The summed E-state index contributed by atoms with van der Waals surface area (Å²) in [6.45, 7) is -0.918. The molecule has 0 aliphatic carbocycles. The van der Waals surface area contributed by atoms with Crippen molar-refractivity contribution in [2.45, 2.75) is 24.4 Å². The van der Waals surface area contributed by atoms with Crippen molar-refractivity contribution in [1.29, 1.82) is 0 Å². The van der Waals surface area contributed by atoms with Gasteiger partial charge in [-0.15, -0.1) is 0 Å². The van der Waals surface area contributed by atoms with E-state index in [0.717, 1.165) is 0 Å². The van der Waals surface area contributed by atoms with E-state index in [-0.39, 0.29) is 89.1 Å². The molecule has 100 valence electrons. The molecule has 11 heteroatoms. The minimum absolute atomic E-state index is 0. The van der Waals surface area contributed by atoms with Crippen LogP contribution in [0.5, 0.6) is 0 Å². The summed E-state index contributed by atoms with van der Waals surface area (Å²) in [5, 5.41) is 52.5. The molecule has 0 aromatic rings. The fraction of sp³-hybridized carbons (Fsp3) is 0.714. The first-order valence-electron chi connectivity index (χ1n) is 4.09. The van der Waals surface area contributed by atoms with Gasteiger partial charge in [-0.3, -0.25) is 0 Å². The van der Waals surface area contributed by atoms with E-state index < -0.39 is 43.1 Å². The number of aliphatic hydroxyl groups is 5. The molecule has 0 fully saturated rings. The third kappa shape index (κ3) is 8.74. The fourth-order valence-corrected chi connectivity index (χ4v) is 0.808. The number of ether oxygens (including phenoxy) is 1. The van der Waals surface area contributed by atoms with Crippen molar-refractivity contribution in [3.8, 4) is 0 Å². The Morgan fingerprint density at radius 2 is 1.50 bits per heavy atom. The number of carbonyl (C=O) groups is 2. The second kappa shape index (κ2) is 12.4. The Hall–Kier alpha value is 1.64. The molecular weight excluding hydrogens is 307 g/mol. The average Bonchev–Trinajstić information content (AvgIpc) is 2.23. The van der Waals surface area contributed by atoms with E-state index >= 15 is 0 Å². The van der Waals surface area contributed by atoms with Gasteiger partial charge in [-0.1, -0.05) is 0 Å². The first kappa shape index (κ1) is 24.6. The topological polar surface area (TPSA) is 165 Å². The van der Waals surface area contributed by atoms with Crippen LogP contribution >= 0.6 is 0 Å². The van der Waals surface area contributed by atoms with Crippen LogP contribution in [0.1, 0.15) is 0 Å². The maximum atomic E-state index is 10.7. The molecule has 0 bridgehead atoms. The molecular formula is C7H15CaKO9. The summed E-state index contributed by atoms with van der Waals surface area (Å²) >= 11 is 0. The molecule has 0 rings (SSSR count). The molecule has 18 heavy (non-hydrogen) atoms. The Balaban J connectivity index is -0.00000112. The molecule has 0 spiro atoms. The minimum atomic E-state index is -2.35. The van der Waals surface area contributed by atoms with Gasteiger partial charge in [0, 0.05) is 0 Å². The van der Waals surface area contributed by atoms with Gasteiger partial charge in [-0.25, -0.2) is 9.59 Å². The van der Waals surface area contributed by atoms with Gasteiger partial charge >= 0.3 is 101 Å². The summed E-state index contributed by atoms with van der Waals surface area (Å²) in [6, 6.07) is 0. The number of aliphatic hydroxyl groups excluding tert-OH is 5. The molecule has 0 saturated carbocycles. The van der Waals surface area contributed by atoms with Gasteiger partial charge in [0.1, 0.15) is 18.3 Å². The molecule has 6 N–H and O–H groups in total. The second-order valence-corrected chi connectivity index (χ2v) is 2.86. The van der Waals surface area contributed by atoms with E-state index in [1.807, 2.05) is 0 Å². The third-order valence-electron chi connectivity index (χ3n) is 1.68. The van der Waals surface area contributed by atoms with Gasteiger partial charge in [0.15, 0.2) is 6.10 Å². The van der Waals surface area contributed by atoms with Crippen molar-refractivity contribution in [1.82, 2.24) is 0 Å². The molecule has 0 radical (unpaired) electrons. The Morgan fingerprint density at radius 1 is 1.06 bits per heavy atom. The molecule has 0 aromatic heterocycles. The SMILES string of the molecule is O=C(O)OC(=O)[C@H](O)[C@@H](O)[C@H](O)[C@H](O)CO.[CaH2].[KH]. The number of esters is 1. The molecule has 0 aliphatic heterocycles. The predicted octanol–water partition coefficient (Wildman–Crippen LogP) is -4.92. The zero-order valence-electron chi connectivity index (χ0n) is 7.92. The molecule has 0 aliphatic rings. The van der Waals surface area contributed by atoms with Gasteiger partial charge < -0.3 is 35.4 Å². The van der Waals surface area contributed by atoms with E-state index in [2.05, 4.69) is 4.74 Å². The predicted molar refractivity (Wildman–Crippen MR) is 60.9 cm³/mol. The van der Waals surface area contributed by atoms with E-state index in [1.165, 1.54) is 0 Å². The van der Waals surface area contributed by atoms with Crippen molar-refractivity contribution < 1.29 is 45.0 Å². The first-order valence-corrected chi connectivity index (χ1v) is 4.09. The van der Waals surface area contributed by atoms with Gasteiger partial charge in [0.05, 0.1) is 6.61 Å². The fourth-order valence-electron chi connectivity index (χ4n) is 0.808. The molecule has 0 aromatic carbocycles. The Bertz CT molecular complexity index is 263. The third-order valence-corrected chi connectivity index (χ3v) is 1.68. The molecule has 9 nitrogen and oxygen atoms in total. The van der Waals surface area contributed by atoms with E-state index in [9.17, 15) is 9.59 Å². The Labute approximate surface area is 174 Å². The number of hydrogen-bond donors (Lipinski definition) is 6. The maximum absolute atomic E-state index is 10.7. The van der Waals surface area contributed by atoms with Gasteiger partial charge in [0.25, 0.3) is 0 Å². The van der Waals surface area contributed by atoms with Gasteiger partial charge in [-0.2, -0.15) is 0 Å². The normalized spacial score (nSPS) is 16.3. The van der Waals surface area contributed by atoms with Crippen LogP contribution in [-0.2, 0) is 9.53 Å². The van der Waals surface area contributed by atoms with E-state index in [1.54, 1.807) is 0 Å². The molecule has 4 atom stereocenters. The van der Waals surface area contributed by atoms with Crippen LogP contribution in [0.15, 0.2) is 0 Å². The van der Waals surface area contributed by atoms with Crippen LogP contribution in [0.25, 0.3) is 0 Å². The molecule has 0 unspecified atom stereocenters. The van der Waals surface area contributed by atoms with Crippen LogP contribution in [0.4, 0.5) is 4.79 Å². The number of carboxylic acid groups (broad SMARTS) is 1. The molecule has 0 amide bonds. The Kier molecular flexibility index (Phi) is 17.0. The second-order valence-electron chi connectivity index (χ2n) is 2.86. The van der Waals surface area contributed by atoms with Crippen molar-refractivity contribution in [3.63, 3.8) is 0 Å². The van der Waals surface area contributed by atoms with Crippen molar-refractivity contribution in [2.24, 2.45) is 0 Å². The summed E-state index contributed by atoms with van der Waals surface area (Å²) in [5.74, 6) is -1.70. The summed E-state index contributed by atoms with van der Waals surface area (Å²) in [7, 11) is 0. The van der Waals surface area contributed by atoms with Gasteiger partial charge in [-0.05, 0) is 0 Å². The average molecular weight is 322 g/mol. The van der Waals surface area contributed by atoms with Crippen LogP contribution in [-0.4, -0.2) is 163 Å². The van der Waals surface area contributed by atoms with E-state index in [0.29, 0.717) is 0 Å². The zero-order chi connectivity index (χ0) is 12.9. The van der Waals surface area contributed by atoms with Crippen LogP contribution in [0.3, 0.4) is 0 Å². The Morgan fingerprint density at radius 3 is 1.83 bits per heavy atom. The summed E-state index contributed by atoms with van der Waals surface area (Å²) in [5.41, 5.74) is 0. The molecule has 0 heterocycles. The molecule has 0 saturated heterocycles. The number of carbonyl (C=O) groups excluding carboxylic acids is 1. The van der Waals surface area contributed by atoms with Gasteiger partial charge in [0.2, 0.25) is 0 Å². The number of rotatable bonds is 5. The van der Waals surface area contributed by atoms with Crippen molar-refractivity contribution in [3.05, 3.63) is 0 Å². The van der Waals surface area contributed by atoms with Crippen molar-refractivity contribution in [2.75, 3.05) is 6.61 Å². The quantitative estimate of drug-likeness (QED) is 0.165. The van der Waals surface area contributed by atoms with Crippen LogP contribution in [0, 0.1) is 0 Å².